The Labute approximate surface area is 179 Å². The van der Waals surface area contributed by atoms with Gasteiger partial charge in [0.15, 0.2) is 0 Å². The highest BCUT2D eigenvalue weighted by Crippen LogP contribution is 2.34. The molecule has 0 heterocycles. The Hall–Kier alpha value is -2.54. The molecular formula is C23H30N2O4S. The van der Waals surface area contributed by atoms with Gasteiger partial charge in [-0.2, -0.15) is 0 Å². The average molecular weight is 431 g/mol. The maximum Gasteiger partial charge on any atom is 0.232 e. The highest BCUT2D eigenvalue weighted by molar-refractivity contribution is 7.92. The fourth-order valence-electron chi connectivity index (χ4n) is 3.68. The zero-order valence-corrected chi connectivity index (χ0v) is 18.7. The molecule has 162 valence electrons. The van der Waals surface area contributed by atoms with E-state index in [0.29, 0.717) is 23.7 Å². The third kappa shape index (κ3) is 5.53. The Kier molecular flexibility index (Phi) is 7.02. The van der Waals surface area contributed by atoms with Crippen LogP contribution in [0, 0.1) is 12.8 Å². The number of carbonyl (C=O) groups is 1. The Balaban J connectivity index is 1.84. The second kappa shape index (κ2) is 9.51. The first-order chi connectivity index (χ1) is 14.3. The van der Waals surface area contributed by atoms with Crippen molar-refractivity contribution < 1.29 is 17.9 Å². The maximum absolute atomic E-state index is 12.6. The molecule has 2 aromatic carbocycles. The van der Waals surface area contributed by atoms with Crippen LogP contribution in [0.1, 0.15) is 43.2 Å². The number of hydrogen-bond donors (Lipinski definition) is 1. The zero-order valence-electron chi connectivity index (χ0n) is 17.8. The number of aryl methyl sites for hydroxylation is 1. The normalized spacial score (nSPS) is 14.9. The highest BCUT2D eigenvalue weighted by Gasteiger charge is 2.22. The molecule has 0 aliphatic heterocycles. The highest BCUT2D eigenvalue weighted by atomic mass is 32.2. The van der Waals surface area contributed by atoms with Crippen molar-refractivity contribution in [1.82, 2.24) is 0 Å². The first kappa shape index (κ1) is 22.2. The van der Waals surface area contributed by atoms with E-state index in [4.69, 9.17) is 4.74 Å². The predicted molar refractivity (Wildman–Crippen MR) is 120 cm³/mol. The van der Waals surface area contributed by atoms with Gasteiger partial charge in [-0.1, -0.05) is 43.5 Å². The van der Waals surface area contributed by atoms with Crippen molar-refractivity contribution in [3.8, 4) is 5.75 Å². The number of nitrogens with one attached hydrogen (secondary N) is 1. The fourth-order valence-corrected chi connectivity index (χ4v) is 4.19. The Bertz CT molecular complexity index is 998. The van der Waals surface area contributed by atoms with Crippen LogP contribution in [0.25, 0.3) is 0 Å². The van der Waals surface area contributed by atoms with Crippen LogP contribution >= 0.6 is 0 Å². The molecule has 3 rings (SSSR count). The molecule has 1 N–H and O–H groups in total. The molecule has 2 aromatic rings. The first-order valence-electron chi connectivity index (χ1n) is 10.3. The first-order valence-corrected chi connectivity index (χ1v) is 12.2. The molecule has 0 aromatic heterocycles. The van der Waals surface area contributed by atoms with Crippen LogP contribution < -0.4 is 14.4 Å². The van der Waals surface area contributed by atoms with Crippen molar-refractivity contribution in [2.24, 2.45) is 5.92 Å². The predicted octanol–water partition coefficient (Wildman–Crippen LogP) is 4.49. The number of anilines is 2. The smallest absolute Gasteiger partial charge is 0.232 e. The van der Waals surface area contributed by atoms with Crippen molar-refractivity contribution in [2.45, 2.75) is 45.6 Å². The standard InChI is InChI=1S/C23H30N2O4S/c1-17-9-7-8-12-19(17)16-29-22-15-20(13-14-21(22)25(2)30(3,27)28)24-23(26)18-10-5-4-6-11-18/h7-9,12-15,18H,4-6,10-11,16H2,1-3H3,(H,24,26). The fraction of sp³-hybridized carbons (Fsp3) is 0.435. The van der Waals surface area contributed by atoms with Crippen LogP contribution in [0.3, 0.4) is 0 Å². The number of sulfonamides is 1. The minimum Gasteiger partial charge on any atom is -0.487 e. The lowest BCUT2D eigenvalue weighted by molar-refractivity contribution is -0.120. The summed E-state index contributed by atoms with van der Waals surface area (Å²) in [5.74, 6) is 0.463. The van der Waals surface area contributed by atoms with E-state index in [1.165, 1.54) is 17.8 Å². The van der Waals surface area contributed by atoms with E-state index in [-0.39, 0.29) is 11.8 Å². The maximum atomic E-state index is 12.6. The van der Waals surface area contributed by atoms with Gasteiger partial charge in [-0.25, -0.2) is 8.42 Å². The van der Waals surface area contributed by atoms with Crippen LogP contribution in [0.5, 0.6) is 5.75 Å². The molecule has 0 atom stereocenters. The Morgan fingerprint density at radius 2 is 1.83 bits per heavy atom. The number of rotatable bonds is 7. The van der Waals surface area contributed by atoms with Crippen molar-refractivity contribution >= 4 is 27.3 Å². The quantitative estimate of drug-likeness (QED) is 0.702. The molecule has 0 bridgehead atoms. The number of amides is 1. The molecule has 1 saturated carbocycles. The van der Waals surface area contributed by atoms with E-state index < -0.39 is 10.0 Å². The molecule has 1 aliphatic rings. The zero-order chi connectivity index (χ0) is 21.7. The molecule has 0 saturated heterocycles. The topological polar surface area (TPSA) is 75.7 Å². The summed E-state index contributed by atoms with van der Waals surface area (Å²) in [4.78, 5) is 12.6. The van der Waals surface area contributed by atoms with Gasteiger partial charge in [-0.3, -0.25) is 9.10 Å². The largest absolute Gasteiger partial charge is 0.487 e. The van der Waals surface area contributed by atoms with Crippen LogP contribution in [0.2, 0.25) is 0 Å². The van der Waals surface area contributed by atoms with E-state index >= 15 is 0 Å². The van der Waals surface area contributed by atoms with Crippen molar-refractivity contribution in [1.29, 1.82) is 0 Å². The molecular weight excluding hydrogens is 400 g/mol. The summed E-state index contributed by atoms with van der Waals surface area (Å²) >= 11 is 0. The summed E-state index contributed by atoms with van der Waals surface area (Å²) < 4.78 is 31.4. The molecule has 1 amide bonds. The molecule has 7 heteroatoms. The molecule has 1 aliphatic carbocycles. The summed E-state index contributed by atoms with van der Waals surface area (Å²) in [5, 5.41) is 2.98. The number of carbonyl (C=O) groups excluding carboxylic acids is 1. The Morgan fingerprint density at radius 3 is 2.50 bits per heavy atom. The van der Waals surface area contributed by atoms with Gasteiger partial charge in [0.05, 0.1) is 11.9 Å². The summed E-state index contributed by atoms with van der Waals surface area (Å²) in [6.07, 6.45) is 6.33. The summed E-state index contributed by atoms with van der Waals surface area (Å²) in [6.45, 7) is 2.31. The lowest BCUT2D eigenvalue weighted by atomic mass is 9.88. The molecule has 1 fully saturated rings. The Morgan fingerprint density at radius 1 is 1.13 bits per heavy atom. The van der Waals surface area contributed by atoms with Crippen molar-refractivity contribution in [3.63, 3.8) is 0 Å². The van der Waals surface area contributed by atoms with Crippen LogP contribution in [-0.4, -0.2) is 27.6 Å². The van der Waals surface area contributed by atoms with Crippen LogP contribution in [0.15, 0.2) is 42.5 Å². The molecule has 6 nitrogen and oxygen atoms in total. The van der Waals surface area contributed by atoms with Gasteiger partial charge in [0, 0.05) is 24.7 Å². The van der Waals surface area contributed by atoms with Crippen LogP contribution in [0.4, 0.5) is 11.4 Å². The SMILES string of the molecule is Cc1ccccc1COc1cc(NC(=O)C2CCCCC2)ccc1N(C)S(C)(=O)=O. The molecule has 0 unspecified atom stereocenters. The lowest BCUT2D eigenvalue weighted by Crippen LogP contribution is -2.26. The van der Waals surface area contributed by atoms with Crippen LogP contribution in [-0.2, 0) is 21.4 Å². The van der Waals surface area contributed by atoms with Gasteiger partial charge < -0.3 is 10.1 Å². The third-order valence-corrected chi connectivity index (χ3v) is 6.88. The minimum absolute atomic E-state index is 0.0174. The van der Waals surface area contributed by atoms with E-state index in [0.717, 1.165) is 43.1 Å². The van der Waals surface area contributed by atoms with Crippen molar-refractivity contribution in [2.75, 3.05) is 22.9 Å². The second-order valence-electron chi connectivity index (χ2n) is 7.95. The van der Waals surface area contributed by atoms with Gasteiger partial charge in [0.2, 0.25) is 15.9 Å². The van der Waals surface area contributed by atoms with E-state index in [1.54, 1.807) is 18.2 Å². The summed E-state index contributed by atoms with van der Waals surface area (Å²) in [7, 11) is -1.96. The van der Waals surface area contributed by atoms with Gasteiger partial charge in [-0.05, 0) is 43.0 Å². The third-order valence-electron chi connectivity index (χ3n) is 5.68. The number of hydrogen-bond acceptors (Lipinski definition) is 4. The molecule has 0 spiro atoms. The number of ether oxygens (including phenoxy) is 1. The van der Waals surface area contributed by atoms with Gasteiger partial charge in [0.1, 0.15) is 12.4 Å². The average Bonchev–Trinajstić information content (AvgIpc) is 2.73. The monoisotopic (exact) mass is 430 g/mol. The number of nitrogens with zero attached hydrogens (tertiary/aromatic N) is 1. The minimum atomic E-state index is -3.46. The molecule has 0 radical (unpaired) electrons. The van der Waals surface area contributed by atoms with Crippen molar-refractivity contribution in [3.05, 3.63) is 53.6 Å². The summed E-state index contributed by atoms with van der Waals surface area (Å²) in [5.41, 5.74) is 3.15. The van der Waals surface area contributed by atoms with E-state index in [2.05, 4.69) is 5.32 Å². The second-order valence-corrected chi connectivity index (χ2v) is 9.97. The lowest BCUT2D eigenvalue weighted by Gasteiger charge is -2.23. The van der Waals surface area contributed by atoms with Gasteiger partial charge >= 0.3 is 0 Å². The van der Waals surface area contributed by atoms with Gasteiger partial charge in [-0.15, -0.1) is 0 Å². The van der Waals surface area contributed by atoms with Gasteiger partial charge in [0.25, 0.3) is 0 Å². The number of benzene rings is 2. The molecule has 30 heavy (non-hydrogen) atoms. The summed E-state index contributed by atoms with van der Waals surface area (Å²) in [6, 6.07) is 13.0. The van der Waals surface area contributed by atoms with E-state index in [1.807, 2.05) is 31.2 Å². The van der Waals surface area contributed by atoms with E-state index in [9.17, 15) is 13.2 Å².